The molecule has 0 saturated heterocycles. The Hall–Kier alpha value is -1.22. The number of rotatable bonds is 0. The van der Waals surface area contributed by atoms with Crippen LogP contribution in [-0.4, -0.2) is 0 Å². The van der Waals surface area contributed by atoms with Gasteiger partial charge in [0.2, 0.25) is 0 Å². The van der Waals surface area contributed by atoms with E-state index in [4.69, 9.17) is 0 Å². The van der Waals surface area contributed by atoms with Gasteiger partial charge in [-0.25, -0.2) is 0 Å². The number of hydrogen-bond donors (Lipinski definition) is 0. The van der Waals surface area contributed by atoms with Gasteiger partial charge < -0.3 is 0 Å². The number of benzene rings is 1. The van der Waals surface area contributed by atoms with Crippen molar-refractivity contribution in [1.29, 1.82) is 0 Å². The van der Waals surface area contributed by atoms with Gasteiger partial charge in [0.1, 0.15) is 0 Å². The molecule has 0 unspecified atom stereocenters. The predicted molar refractivity (Wildman–Crippen MR) is 48.5 cm³/mol. The predicted octanol–water partition coefficient (Wildman–Crippen LogP) is 2.67. The number of aryl methyl sites for hydroxylation is 1. The van der Waals surface area contributed by atoms with Crippen molar-refractivity contribution in [2.24, 2.45) is 0 Å². The largest absolute Gasteiger partial charge is 0.101 e. The van der Waals surface area contributed by atoms with E-state index in [-0.39, 0.29) is 0 Å². The summed E-state index contributed by atoms with van der Waals surface area (Å²) >= 11 is 0. The first kappa shape index (κ1) is 7.88. The van der Waals surface area contributed by atoms with Crippen LogP contribution >= 0.6 is 0 Å². The maximum Gasteiger partial charge on any atom is 0.0276 e. The highest BCUT2D eigenvalue weighted by Crippen LogP contribution is 2.10. The van der Waals surface area contributed by atoms with Crippen molar-refractivity contribution in [2.75, 3.05) is 0 Å². The Balaban J connectivity index is 3.23. The maximum absolute atomic E-state index is 3.07. The first-order chi connectivity index (χ1) is 5.25. The summed E-state index contributed by atoms with van der Waals surface area (Å²) in [7, 11) is 0. The molecule has 0 bridgehead atoms. The van der Waals surface area contributed by atoms with Crippen LogP contribution in [-0.2, 0) is 0 Å². The Labute approximate surface area is 68.3 Å². The van der Waals surface area contributed by atoms with Crippen LogP contribution in [0.1, 0.15) is 23.6 Å². The van der Waals surface area contributed by atoms with E-state index in [1.807, 2.05) is 13.0 Å². The molecule has 0 heteroatoms. The minimum absolute atomic E-state index is 1.15. The first-order valence-electron chi connectivity index (χ1n) is 3.74. The smallest absolute Gasteiger partial charge is 0.0276 e. The summed E-state index contributed by atoms with van der Waals surface area (Å²) in [5, 5.41) is 0. The average Bonchev–Trinajstić information content (AvgIpc) is 1.99. The van der Waals surface area contributed by atoms with Crippen LogP contribution in [0.5, 0.6) is 0 Å². The zero-order valence-electron chi connectivity index (χ0n) is 7.23. The van der Waals surface area contributed by atoms with Gasteiger partial charge in [0.25, 0.3) is 0 Å². The van der Waals surface area contributed by atoms with Gasteiger partial charge in [-0.3, -0.25) is 0 Å². The summed E-state index contributed by atoms with van der Waals surface area (Å²) in [6.07, 6.45) is 0. The van der Waals surface area contributed by atoms with Gasteiger partial charge in [-0.05, 0) is 38.0 Å². The lowest BCUT2D eigenvalue weighted by Gasteiger charge is -2.00. The molecule has 11 heavy (non-hydrogen) atoms. The fourth-order valence-electron chi connectivity index (χ4n) is 1.02. The number of hydrogen-bond acceptors (Lipinski definition) is 0. The van der Waals surface area contributed by atoms with Gasteiger partial charge in [0.15, 0.2) is 0 Å². The first-order valence-corrected chi connectivity index (χ1v) is 3.74. The summed E-state index contributed by atoms with van der Waals surface area (Å²) in [5.74, 6) is 5.97. The van der Waals surface area contributed by atoms with Crippen LogP contribution in [0.15, 0.2) is 18.2 Å². The zero-order valence-corrected chi connectivity index (χ0v) is 7.23. The molecule has 0 amide bonds. The summed E-state index contributed by atoms with van der Waals surface area (Å²) in [5.41, 5.74) is 3.75. The third-order valence-electron chi connectivity index (χ3n) is 1.86. The molecule has 0 aliphatic rings. The van der Waals surface area contributed by atoms with Gasteiger partial charge in [-0.15, -0.1) is 5.92 Å². The van der Waals surface area contributed by atoms with E-state index in [1.54, 1.807) is 0 Å². The topological polar surface area (TPSA) is 0 Å². The molecule has 0 saturated carbocycles. The molecule has 0 radical (unpaired) electrons. The van der Waals surface area contributed by atoms with Crippen LogP contribution in [0.25, 0.3) is 0 Å². The van der Waals surface area contributed by atoms with Crippen molar-refractivity contribution in [3.05, 3.63) is 34.9 Å². The van der Waals surface area contributed by atoms with Crippen LogP contribution in [0.3, 0.4) is 0 Å². The lowest BCUT2D eigenvalue weighted by Crippen LogP contribution is -1.85. The zero-order chi connectivity index (χ0) is 8.27. The summed E-state index contributed by atoms with van der Waals surface area (Å²) in [6, 6.07) is 6.21. The molecule has 1 aromatic carbocycles. The van der Waals surface area contributed by atoms with E-state index in [9.17, 15) is 0 Å². The molecular formula is C11H12. The molecule has 0 N–H and O–H groups in total. The monoisotopic (exact) mass is 144 g/mol. The van der Waals surface area contributed by atoms with E-state index in [0.717, 1.165) is 5.56 Å². The molecule has 0 aliphatic carbocycles. The van der Waals surface area contributed by atoms with Crippen molar-refractivity contribution in [2.45, 2.75) is 20.8 Å². The van der Waals surface area contributed by atoms with E-state index < -0.39 is 0 Å². The van der Waals surface area contributed by atoms with Crippen molar-refractivity contribution < 1.29 is 0 Å². The van der Waals surface area contributed by atoms with Crippen LogP contribution in [0.4, 0.5) is 0 Å². The van der Waals surface area contributed by atoms with Gasteiger partial charge in [0.05, 0.1) is 0 Å². The van der Waals surface area contributed by atoms with Gasteiger partial charge in [-0.2, -0.15) is 0 Å². The lowest BCUT2D eigenvalue weighted by atomic mass is 10.0. The SMILES string of the molecule is CC#Cc1cccc(C)c1C. The summed E-state index contributed by atoms with van der Waals surface area (Å²) < 4.78 is 0. The second kappa shape index (κ2) is 3.25. The lowest BCUT2D eigenvalue weighted by molar-refractivity contribution is 1.32. The Morgan fingerprint density at radius 2 is 1.91 bits per heavy atom. The van der Waals surface area contributed by atoms with Gasteiger partial charge in [0, 0.05) is 5.56 Å². The third kappa shape index (κ3) is 1.62. The average molecular weight is 144 g/mol. The Morgan fingerprint density at radius 1 is 1.18 bits per heavy atom. The molecule has 1 aromatic rings. The van der Waals surface area contributed by atoms with Crippen LogP contribution in [0, 0.1) is 25.7 Å². The maximum atomic E-state index is 3.07. The van der Waals surface area contributed by atoms with Gasteiger partial charge in [-0.1, -0.05) is 18.1 Å². The summed E-state index contributed by atoms with van der Waals surface area (Å²) in [6.45, 7) is 6.08. The molecular weight excluding hydrogens is 132 g/mol. The fraction of sp³-hybridized carbons (Fsp3) is 0.273. The van der Waals surface area contributed by atoms with E-state index in [1.165, 1.54) is 11.1 Å². The Kier molecular flexibility index (Phi) is 2.33. The second-order valence-electron chi connectivity index (χ2n) is 2.62. The van der Waals surface area contributed by atoms with Crippen molar-refractivity contribution in [3.8, 4) is 11.8 Å². The molecule has 0 aromatic heterocycles. The highest BCUT2D eigenvalue weighted by Gasteiger charge is 1.94. The van der Waals surface area contributed by atoms with Gasteiger partial charge >= 0.3 is 0 Å². The minimum atomic E-state index is 1.15. The normalized spacial score (nSPS) is 8.64. The summed E-state index contributed by atoms with van der Waals surface area (Å²) in [4.78, 5) is 0. The van der Waals surface area contributed by atoms with Crippen molar-refractivity contribution >= 4 is 0 Å². The third-order valence-corrected chi connectivity index (χ3v) is 1.86. The van der Waals surface area contributed by atoms with Crippen LogP contribution < -0.4 is 0 Å². The molecule has 0 aliphatic heterocycles. The van der Waals surface area contributed by atoms with E-state index in [0.29, 0.717) is 0 Å². The highest BCUT2D eigenvalue weighted by molar-refractivity contribution is 5.43. The quantitative estimate of drug-likeness (QED) is 0.491. The van der Waals surface area contributed by atoms with Crippen molar-refractivity contribution in [3.63, 3.8) is 0 Å². The highest BCUT2D eigenvalue weighted by atomic mass is 14.0. The molecule has 0 nitrogen and oxygen atoms in total. The second-order valence-corrected chi connectivity index (χ2v) is 2.62. The Morgan fingerprint density at radius 3 is 2.55 bits per heavy atom. The van der Waals surface area contributed by atoms with E-state index in [2.05, 4.69) is 37.8 Å². The molecule has 0 heterocycles. The molecule has 0 fully saturated rings. The van der Waals surface area contributed by atoms with Crippen molar-refractivity contribution in [1.82, 2.24) is 0 Å². The van der Waals surface area contributed by atoms with Crippen LogP contribution in [0.2, 0.25) is 0 Å². The molecule has 0 spiro atoms. The molecule has 56 valence electrons. The standard InChI is InChI=1S/C11H12/c1-4-6-11-8-5-7-9(2)10(11)3/h5,7-8H,1-3H3. The fourth-order valence-corrected chi connectivity index (χ4v) is 1.02. The molecule has 1 rings (SSSR count). The molecule has 0 atom stereocenters. The van der Waals surface area contributed by atoms with E-state index >= 15 is 0 Å². The Bertz CT molecular complexity index is 311. The minimum Gasteiger partial charge on any atom is -0.101 e.